The van der Waals surface area contributed by atoms with Crippen LogP contribution < -0.4 is 9.47 Å². The number of ether oxygens (including phenoxy) is 3. The predicted octanol–water partition coefficient (Wildman–Crippen LogP) is 1.60. The van der Waals surface area contributed by atoms with Crippen LogP contribution in [0.2, 0.25) is 0 Å². The van der Waals surface area contributed by atoms with E-state index in [0.717, 1.165) is 19.4 Å². The Morgan fingerprint density at radius 2 is 2.32 bits per heavy atom. The highest BCUT2D eigenvalue weighted by Gasteiger charge is 2.19. The monoisotopic (exact) mass is 408 g/mol. The van der Waals surface area contributed by atoms with Crippen LogP contribution in [0.15, 0.2) is 23.4 Å². The first-order chi connectivity index (χ1) is 13.6. The summed E-state index contributed by atoms with van der Waals surface area (Å²) in [5.74, 6) is 1.24. The molecule has 1 N–H and O–H groups in total. The van der Waals surface area contributed by atoms with Crippen molar-refractivity contribution in [1.82, 2.24) is 20.2 Å². The van der Waals surface area contributed by atoms with Crippen LogP contribution in [0.4, 0.5) is 0 Å². The zero-order valence-electron chi connectivity index (χ0n) is 15.9. The Bertz CT molecular complexity index is 794. The lowest BCUT2D eigenvalue weighted by Gasteiger charge is -2.15. The smallest absolute Gasteiger partial charge is 0.209 e. The van der Waals surface area contributed by atoms with Crippen molar-refractivity contribution in [2.45, 2.75) is 43.7 Å². The number of hydrogen-bond acceptors (Lipinski definition) is 9. The number of tetrazole rings is 1. The van der Waals surface area contributed by atoms with Crippen molar-refractivity contribution in [3.8, 4) is 11.5 Å². The van der Waals surface area contributed by atoms with Gasteiger partial charge in [-0.25, -0.2) is 4.68 Å². The molecule has 0 aliphatic carbocycles. The van der Waals surface area contributed by atoms with Gasteiger partial charge >= 0.3 is 0 Å². The van der Waals surface area contributed by atoms with Gasteiger partial charge in [0.05, 0.1) is 25.9 Å². The second-order valence-electron chi connectivity index (χ2n) is 6.48. The van der Waals surface area contributed by atoms with Crippen LogP contribution in [0.25, 0.3) is 0 Å². The van der Waals surface area contributed by atoms with E-state index in [-0.39, 0.29) is 18.5 Å². The van der Waals surface area contributed by atoms with Crippen molar-refractivity contribution < 1.29 is 24.1 Å². The highest BCUT2D eigenvalue weighted by Crippen LogP contribution is 2.28. The molecule has 2 atom stereocenters. The average Bonchev–Trinajstić information content (AvgIpc) is 3.36. The normalized spacial score (nSPS) is 17.5. The molecule has 152 valence electrons. The summed E-state index contributed by atoms with van der Waals surface area (Å²) in [6.07, 6.45) is 1.48. The van der Waals surface area contributed by atoms with Gasteiger partial charge in [0.15, 0.2) is 17.3 Å². The lowest BCUT2D eigenvalue weighted by molar-refractivity contribution is 0.0911. The number of aliphatic hydroxyl groups excluding tert-OH is 1. The molecule has 3 rings (SSSR count). The van der Waals surface area contributed by atoms with Gasteiger partial charge in [0.2, 0.25) is 5.16 Å². The third-order valence-electron chi connectivity index (χ3n) is 4.31. The largest absolute Gasteiger partial charge is 0.493 e. The highest BCUT2D eigenvalue weighted by atomic mass is 32.2. The van der Waals surface area contributed by atoms with Gasteiger partial charge in [-0.1, -0.05) is 11.8 Å². The molecule has 28 heavy (non-hydrogen) atoms. The van der Waals surface area contributed by atoms with Crippen molar-refractivity contribution in [3.05, 3.63) is 23.8 Å². The van der Waals surface area contributed by atoms with Crippen LogP contribution in [0.1, 0.15) is 30.1 Å². The fourth-order valence-electron chi connectivity index (χ4n) is 2.81. The Morgan fingerprint density at radius 3 is 3.04 bits per heavy atom. The molecule has 0 spiro atoms. The first kappa shape index (κ1) is 20.6. The number of aliphatic hydroxyl groups is 1. The number of Topliss-reactive ketones (excluding diaryl/α,β-unsaturated/α-hetero) is 1. The Hall–Kier alpha value is -2.17. The molecule has 0 saturated carbocycles. The van der Waals surface area contributed by atoms with Gasteiger partial charge in [0.1, 0.15) is 6.61 Å². The van der Waals surface area contributed by atoms with E-state index in [0.29, 0.717) is 34.5 Å². The molecule has 2 unspecified atom stereocenters. The van der Waals surface area contributed by atoms with Gasteiger partial charge in [-0.15, -0.1) is 5.10 Å². The second kappa shape index (κ2) is 9.85. The molecule has 2 aromatic rings. The third kappa shape index (κ3) is 5.43. The van der Waals surface area contributed by atoms with Crippen LogP contribution in [-0.2, 0) is 11.3 Å². The van der Waals surface area contributed by atoms with Crippen LogP contribution in [0, 0.1) is 0 Å². The predicted molar refractivity (Wildman–Crippen MR) is 102 cm³/mol. The van der Waals surface area contributed by atoms with Crippen molar-refractivity contribution >= 4 is 17.5 Å². The second-order valence-corrected chi connectivity index (χ2v) is 7.46. The van der Waals surface area contributed by atoms with Crippen LogP contribution >= 0.6 is 11.8 Å². The van der Waals surface area contributed by atoms with Gasteiger partial charge in [0.25, 0.3) is 0 Å². The summed E-state index contributed by atoms with van der Waals surface area (Å²) < 4.78 is 18.2. The van der Waals surface area contributed by atoms with Crippen LogP contribution in [0.3, 0.4) is 0 Å². The zero-order chi connectivity index (χ0) is 19.9. The molecular weight excluding hydrogens is 384 g/mol. The van der Waals surface area contributed by atoms with Crippen molar-refractivity contribution in [2.24, 2.45) is 0 Å². The standard InChI is InChI=1S/C18H24N4O5S/c1-12(23)13-5-6-16(17(8-13)25-2)27-10-14(24)11-28-18-19-20-21-22(18)9-15-4-3-7-26-15/h5-6,8,14-15,24H,3-4,7,9-11H2,1-2H3. The number of carbonyl (C=O) groups excluding carboxylic acids is 1. The first-order valence-corrected chi connectivity index (χ1v) is 10.1. The van der Waals surface area contributed by atoms with E-state index in [9.17, 15) is 9.90 Å². The summed E-state index contributed by atoms with van der Waals surface area (Å²) in [5.41, 5.74) is 0.540. The quantitative estimate of drug-likeness (QED) is 0.463. The number of ketones is 1. The third-order valence-corrected chi connectivity index (χ3v) is 5.41. The maximum atomic E-state index is 11.5. The highest BCUT2D eigenvalue weighted by molar-refractivity contribution is 7.99. The Kier molecular flexibility index (Phi) is 7.24. The summed E-state index contributed by atoms with van der Waals surface area (Å²) in [6, 6.07) is 4.95. The summed E-state index contributed by atoms with van der Waals surface area (Å²) >= 11 is 1.36. The molecule has 0 radical (unpaired) electrons. The fourth-order valence-corrected chi connectivity index (χ4v) is 3.60. The molecule has 1 aromatic heterocycles. The summed E-state index contributed by atoms with van der Waals surface area (Å²) in [4.78, 5) is 11.5. The maximum absolute atomic E-state index is 11.5. The fraction of sp³-hybridized carbons (Fsp3) is 0.556. The topological polar surface area (TPSA) is 109 Å². The number of aromatic nitrogens is 4. The van der Waals surface area contributed by atoms with Crippen LogP contribution in [-0.4, -0.2) is 69.4 Å². The minimum absolute atomic E-state index is 0.0537. The van der Waals surface area contributed by atoms with Gasteiger partial charge in [-0.05, 0) is 48.4 Å². The van der Waals surface area contributed by atoms with Crippen LogP contribution in [0.5, 0.6) is 11.5 Å². The van der Waals surface area contributed by atoms with E-state index in [1.165, 1.54) is 25.8 Å². The van der Waals surface area contributed by atoms with E-state index >= 15 is 0 Å². The molecule has 0 bridgehead atoms. The first-order valence-electron chi connectivity index (χ1n) is 9.07. The molecule has 0 amide bonds. The van der Waals surface area contributed by atoms with Crippen molar-refractivity contribution in [3.63, 3.8) is 0 Å². The number of nitrogens with zero attached hydrogens (tertiary/aromatic N) is 4. The minimum Gasteiger partial charge on any atom is -0.493 e. The number of benzene rings is 1. The molecule has 1 aliphatic heterocycles. The molecule has 2 heterocycles. The minimum atomic E-state index is -0.727. The summed E-state index contributed by atoms with van der Waals surface area (Å²) in [6.45, 7) is 2.96. The summed E-state index contributed by atoms with van der Waals surface area (Å²) in [7, 11) is 1.51. The lowest BCUT2D eigenvalue weighted by atomic mass is 10.1. The molecule has 1 saturated heterocycles. The SMILES string of the molecule is COc1cc(C(C)=O)ccc1OCC(O)CSc1nnnn1CC1CCCO1. The Morgan fingerprint density at radius 1 is 1.46 bits per heavy atom. The van der Waals surface area contributed by atoms with Gasteiger partial charge in [0, 0.05) is 17.9 Å². The summed E-state index contributed by atoms with van der Waals surface area (Å²) in [5, 5.41) is 22.6. The molecule has 1 aromatic carbocycles. The number of rotatable bonds is 10. The molecule has 1 aliphatic rings. The van der Waals surface area contributed by atoms with E-state index in [2.05, 4.69) is 15.5 Å². The average molecular weight is 408 g/mol. The number of carbonyl (C=O) groups is 1. The molecule has 10 heteroatoms. The Labute approximate surface area is 167 Å². The maximum Gasteiger partial charge on any atom is 0.209 e. The molecule has 9 nitrogen and oxygen atoms in total. The molecular formula is C18H24N4O5S. The molecule has 1 fully saturated rings. The van der Waals surface area contributed by atoms with E-state index in [4.69, 9.17) is 14.2 Å². The van der Waals surface area contributed by atoms with E-state index in [1.54, 1.807) is 22.9 Å². The number of hydrogen-bond donors (Lipinski definition) is 1. The van der Waals surface area contributed by atoms with E-state index < -0.39 is 6.10 Å². The Balaban J connectivity index is 1.49. The van der Waals surface area contributed by atoms with Gasteiger partial charge < -0.3 is 19.3 Å². The van der Waals surface area contributed by atoms with Crippen molar-refractivity contribution in [1.29, 1.82) is 0 Å². The zero-order valence-corrected chi connectivity index (χ0v) is 16.7. The number of thioether (sulfide) groups is 1. The lowest BCUT2D eigenvalue weighted by Crippen LogP contribution is -2.21. The number of methoxy groups -OCH3 is 1. The van der Waals surface area contributed by atoms with Gasteiger partial charge in [-0.3, -0.25) is 4.79 Å². The van der Waals surface area contributed by atoms with Gasteiger partial charge in [-0.2, -0.15) is 0 Å². The van der Waals surface area contributed by atoms with E-state index in [1.807, 2.05) is 0 Å². The van der Waals surface area contributed by atoms with Crippen molar-refractivity contribution in [2.75, 3.05) is 26.1 Å².